The van der Waals surface area contributed by atoms with Gasteiger partial charge in [0.25, 0.3) is 0 Å². The molecule has 0 radical (unpaired) electrons. The number of benzene rings is 1. The molecule has 0 fully saturated rings. The molecule has 0 atom stereocenters. The van der Waals surface area contributed by atoms with Crippen LogP contribution in [0.4, 0.5) is 4.79 Å². The Balaban J connectivity index is 2.50. The normalized spacial score (nSPS) is 10.3. The predicted molar refractivity (Wildman–Crippen MR) is 73.8 cm³/mol. The van der Waals surface area contributed by atoms with Crippen molar-refractivity contribution in [3.05, 3.63) is 28.2 Å². The van der Waals surface area contributed by atoms with Gasteiger partial charge >= 0.3 is 6.03 Å². The van der Waals surface area contributed by atoms with Crippen molar-refractivity contribution in [2.75, 3.05) is 0 Å². The van der Waals surface area contributed by atoms with Gasteiger partial charge in [0.1, 0.15) is 0 Å². The Morgan fingerprint density at radius 3 is 2.22 bits per heavy atom. The van der Waals surface area contributed by atoms with E-state index in [-0.39, 0.29) is 11.8 Å². The lowest BCUT2D eigenvalue weighted by molar-refractivity contribution is -0.122. The zero-order valence-corrected chi connectivity index (χ0v) is 12.1. The van der Waals surface area contributed by atoms with Crippen LogP contribution < -0.4 is 10.0 Å². The first-order chi connectivity index (χ1) is 8.38. The zero-order valence-electron chi connectivity index (χ0n) is 9.79. The van der Waals surface area contributed by atoms with Gasteiger partial charge in [-0.25, -0.2) is 4.79 Å². The Morgan fingerprint density at radius 2 is 1.72 bits per heavy atom. The molecule has 1 aromatic carbocycles. The van der Waals surface area contributed by atoms with E-state index >= 15 is 0 Å². The quantitative estimate of drug-likeness (QED) is 0.841. The molecule has 0 aliphatic carbocycles. The molecule has 0 saturated heterocycles. The number of imide groups is 1. The Labute approximate surface area is 120 Å². The minimum atomic E-state index is -0.574. The average molecular weight is 307 g/mol. The maximum absolute atomic E-state index is 11.4. The highest BCUT2D eigenvalue weighted by Crippen LogP contribution is 2.24. The molecule has 0 unspecified atom stereocenters. The second-order valence-corrected chi connectivity index (χ2v) is 5.53. The number of hydrogen-bond acceptors (Lipinski definition) is 3. The molecule has 1 aromatic rings. The summed E-state index contributed by atoms with van der Waals surface area (Å²) in [5, 5.41) is 3.16. The molecule has 1 rings (SSSR count). The lowest BCUT2D eigenvalue weighted by Crippen LogP contribution is -2.38. The molecule has 3 amide bonds. The van der Waals surface area contributed by atoms with E-state index in [0.717, 1.165) is 11.9 Å². The minimum absolute atomic E-state index is 0.249. The molecule has 0 aliphatic rings. The number of carbonyl (C=O) groups excluding carboxylic acids is 2. The van der Waals surface area contributed by atoms with Gasteiger partial charge in [-0.15, -0.1) is 0 Å². The van der Waals surface area contributed by atoms with E-state index in [1.807, 2.05) is 0 Å². The lowest BCUT2D eigenvalue weighted by atomic mass is 10.2. The Kier molecular flexibility index (Phi) is 5.78. The van der Waals surface area contributed by atoms with E-state index in [9.17, 15) is 9.59 Å². The SMILES string of the molecule is CC(C)C(=O)NC(=O)NSc1cc(Cl)cc(Cl)c1. The van der Waals surface area contributed by atoms with Crippen LogP contribution in [0.3, 0.4) is 0 Å². The van der Waals surface area contributed by atoms with E-state index in [4.69, 9.17) is 23.2 Å². The second-order valence-electron chi connectivity index (χ2n) is 3.78. The predicted octanol–water partition coefficient (Wildman–Crippen LogP) is 3.48. The molecule has 4 nitrogen and oxygen atoms in total. The van der Waals surface area contributed by atoms with Crippen LogP contribution in [-0.4, -0.2) is 11.9 Å². The lowest BCUT2D eigenvalue weighted by Gasteiger charge is -2.08. The molecular weight excluding hydrogens is 295 g/mol. The van der Waals surface area contributed by atoms with Crippen LogP contribution in [-0.2, 0) is 4.79 Å². The van der Waals surface area contributed by atoms with Gasteiger partial charge in [0, 0.05) is 20.9 Å². The van der Waals surface area contributed by atoms with Crippen LogP contribution in [0.2, 0.25) is 10.0 Å². The van der Waals surface area contributed by atoms with Crippen LogP contribution in [0.15, 0.2) is 23.1 Å². The third-order valence-corrected chi connectivity index (χ3v) is 3.05. The summed E-state index contributed by atoms with van der Waals surface area (Å²) < 4.78 is 2.47. The largest absolute Gasteiger partial charge is 0.331 e. The highest BCUT2D eigenvalue weighted by Gasteiger charge is 2.11. The van der Waals surface area contributed by atoms with E-state index in [1.54, 1.807) is 32.0 Å². The number of nitrogens with one attached hydrogen (secondary N) is 2. The van der Waals surface area contributed by atoms with Crippen molar-refractivity contribution in [3.63, 3.8) is 0 Å². The van der Waals surface area contributed by atoms with Gasteiger partial charge in [-0.2, -0.15) is 0 Å². The second kappa shape index (κ2) is 6.87. The van der Waals surface area contributed by atoms with Crippen molar-refractivity contribution < 1.29 is 9.59 Å². The molecular formula is C11H12Cl2N2O2S. The Bertz CT molecular complexity index is 446. The maximum Gasteiger partial charge on any atom is 0.331 e. The van der Waals surface area contributed by atoms with Gasteiger partial charge in [0.2, 0.25) is 5.91 Å². The van der Waals surface area contributed by atoms with Crippen LogP contribution in [0, 0.1) is 5.92 Å². The average Bonchev–Trinajstić information content (AvgIpc) is 2.25. The van der Waals surface area contributed by atoms with Gasteiger partial charge < -0.3 is 0 Å². The number of rotatable bonds is 3. The first-order valence-corrected chi connectivity index (χ1v) is 6.69. The van der Waals surface area contributed by atoms with Crippen LogP contribution in [0.5, 0.6) is 0 Å². The van der Waals surface area contributed by atoms with Crippen molar-refractivity contribution in [3.8, 4) is 0 Å². The topological polar surface area (TPSA) is 58.2 Å². The third-order valence-electron chi connectivity index (χ3n) is 1.86. The van der Waals surface area contributed by atoms with E-state index in [0.29, 0.717) is 14.9 Å². The summed E-state index contributed by atoms with van der Waals surface area (Å²) in [5.41, 5.74) is 0. The molecule has 0 spiro atoms. The third kappa shape index (κ3) is 5.16. The summed E-state index contributed by atoms with van der Waals surface area (Å²) in [5.74, 6) is -0.585. The van der Waals surface area contributed by atoms with Gasteiger partial charge in [-0.05, 0) is 30.1 Å². The van der Waals surface area contributed by atoms with E-state index in [2.05, 4.69) is 10.0 Å². The molecule has 0 aromatic heterocycles. The van der Waals surface area contributed by atoms with Crippen LogP contribution >= 0.6 is 35.1 Å². The van der Waals surface area contributed by atoms with Gasteiger partial charge in [-0.3, -0.25) is 14.8 Å². The van der Waals surface area contributed by atoms with E-state index in [1.165, 1.54) is 0 Å². The van der Waals surface area contributed by atoms with Crippen molar-refractivity contribution in [2.24, 2.45) is 5.92 Å². The highest BCUT2D eigenvalue weighted by molar-refractivity contribution is 7.98. The summed E-state index contributed by atoms with van der Waals surface area (Å²) in [6.45, 7) is 3.40. The monoisotopic (exact) mass is 306 g/mol. The number of halogens is 2. The summed E-state index contributed by atoms with van der Waals surface area (Å²) in [4.78, 5) is 23.3. The van der Waals surface area contributed by atoms with Crippen molar-refractivity contribution in [1.82, 2.24) is 10.0 Å². The molecule has 98 valence electrons. The standard InChI is InChI=1S/C11H12Cl2N2O2S/c1-6(2)10(16)14-11(17)15-18-9-4-7(12)3-8(13)5-9/h3-6H,1-2H3,(H2,14,15,16,17). The number of amides is 3. The van der Waals surface area contributed by atoms with Crippen LogP contribution in [0.25, 0.3) is 0 Å². The minimum Gasteiger partial charge on any atom is -0.277 e. The first kappa shape index (κ1) is 15.1. The van der Waals surface area contributed by atoms with Crippen molar-refractivity contribution >= 4 is 47.1 Å². The van der Waals surface area contributed by atoms with Gasteiger partial charge in [0.05, 0.1) is 0 Å². The fourth-order valence-electron chi connectivity index (χ4n) is 0.974. The molecule has 7 heteroatoms. The zero-order chi connectivity index (χ0) is 13.7. The van der Waals surface area contributed by atoms with Crippen LogP contribution in [0.1, 0.15) is 13.8 Å². The highest BCUT2D eigenvalue weighted by atomic mass is 35.5. The van der Waals surface area contributed by atoms with Crippen molar-refractivity contribution in [1.29, 1.82) is 0 Å². The molecule has 0 bridgehead atoms. The molecule has 2 N–H and O–H groups in total. The fourth-order valence-corrected chi connectivity index (χ4v) is 2.26. The van der Waals surface area contributed by atoms with E-state index < -0.39 is 6.03 Å². The Morgan fingerprint density at radius 1 is 1.17 bits per heavy atom. The smallest absolute Gasteiger partial charge is 0.277 e. The summed E-state index contributed by atoms with van der Waals surface area (Å²) in [6, 6.07) is 4.33. The summed E-state index contributed by atoms with van der Waals surface area (Å²) in [6.07, 6.45) is 0. The number of hydrogen-bond donors (Lipinski definition) is 2. The molecule has 0 saturated carbocycles. The molecule has 0 aliphatic heterocycles. The number of carbonyl (C=O) groups is 2. The van der Waals surface area contributed by atoms with Gasteiger partial charge in [-0.1, -0.05) is 37.0 Å². The summed E-state index contributed by atoms with van der Waals surface area (Å²) in [7, 11) is 0. The van der Waals surface area contributed by atoms with Gasteiger partial charge in [0.15, 0.2) is 0 Å². The maximum atomic E-state index is 11.4. The fraction of sp³-hybridized carbons (Fsp3) is 0.273. The summed E-state index contributed by atoms with van der Waals surface area (Å²) >= 11 is 12.6. The number of urea groups is 1. The molecule has 0 heterocycles. The first-order valence-electron chi connectivity index (χ1n) is 5.12. The van der Waals surface area contributed by atoms with Crippen molar-refractivity contribution in [2.45, 2.75) is 18.7 Å². The molecule has 18 heavy (non-hydrogen) atoms. The Hall–Kier alpha value is -0.910.